The summed E-state index contributed by atoms with van der Waals surface area (Å²) in [5.41, 5.74) is 0. The van der Waals surface area contributed by atoms with E-state index in [4.69, 9.17) is 14.2 Å². The largest absolute Gasteiger partial charge is 0.458 e. The van der Waals surface area contributed by atoms with E-state index in [9.17, 15) is 24.6 Å². The van der Waals surface area contributed by atoms with E-state index in [-0.39, 0.29) is 35.5 Å². The van der Waals surface area contributed by atoms with Gasteiger partial charge in [-0.2, -0.15) is 0 Å². The maximum Gasteiger partial charge on any atom is 0.316 e. The molecule has 0 amide bonds. The van der Waals surface area contributed by atoms with E-state index in [1.165, 1.54) is 19.9 Å². The highest BCUT2D eigenvalue weighted by Gasteiger charge is 2.43. The SMILES string of the molecule is C[C@H]1C(=O)O[C@H]([C@@H](C)O)[C@H](C)/C=C/C(=O)[C@H](C)C[C@H](C)[C@H](O[C@@H]2O[C@H](C)C[C@H](N(C)C)[C@H]2O)[C@@H](C)C1=O. The molecular weight excluding hydrogens is 478 g/mol. The molecule has 2 heterocycles. The molecule has 0 saturated carbocycles. The number of rotatable bonds is 4. The van der Waals surface area contributed by atoms with Gasteiger partial charge in [0.15, 0.2) is 17.9 Å². The molecule has 12 atom stereocenters. The van der Waals surface area contributed by atoms with Crippen LogP contribution in [-0.2, 0) is 28.6 Å². The van der Waals surface area contributed by atoms with E-state index < -0.39 is 54.4 Å². The molecule has 9 heteroatoms. The van der Waals surface area contributed by atoms with Crippen molar-refractivity contribution in [3.63, 3.8) is 0 Å². The van der Waals surface area contributed by atoms with Gasteiger partial charge in [0.05, 0.1) is 18.3 Å². The van der Waals surface area contributed by atoms with Crippen LogP contribution in [0.25, 0.3) is 0 Å². The second-order valence-corrected chi connectivity index (χ2v) is 11.5. The summed E-state index contributed by atoms with van der Waals surface area (Å²) >= 11 is 0. The summed E-state index contributed by atoms with van der Waals surface area (Å²) in [6, 6.07) is -0.187. The minimum atomic E-state index is -1.08. The van der Waals surface area contributed by atoms with Gasteiger partial charge in [-0.3, -0.25) is 14.4 Å². The lowest BCUT2D eigenvalue weighted by molar-refractivity contribution is -0.278. The number of esters is 1. The fourth-order valence-corrected chi connectivity index (χ4v) is 5.44. The Labute approximate surface area is 221 Å². The molecular formula is C28H47NO8. The first-order valence-corrected chi connectivity index (χ1v) is 13.4. The second kappa shape index (κ2) is 13.4. The highest BCUT2D eigenvalue weighted by atomic mass is 16.7. The summed E-state index contributed by atoms with van der Waals surface area (Å²) in [6.45, 7) is 12.1. The lowest BCUT2D eigenvalue weighted by Crippen LogP contribution is -2.56. The Balaban J connectivity index is 2.42. The first kappa shape index (κ1) is 31.6. The van der Waals surface area contributed by atoms with E-state index in [0.29, 0.717) is 12.8 Å². The lowest BCUT2D eigenvalue weighted by Gasteiger charge is -2.43. The van der Waals surface area contributed by atoms with Gasteiger partial charge in [-0.05, 0) is 59.7 Å². The molecule has 0 spiro atoms. The molecule has 0 aromatic heterocycles. The number of carbonyl (C=O) groups is 3. The minimum absolute atomic E-state index is 0.104. The maximum absolute atomic E-state index is 13.5. The summed E-state index contributed by atoms with van der Waals surface area (Å²) in [4.78, 5) is 41.3. The van der Waals surface area contributed by atoms with Crippen molar-refractivity contribution >= 4 is 17.5 Å². The van der Waals surface area contributed by atoms with Crippen molar-refractivity contribution in [3.05, 3.63) is 12.2 Å². The number of ketones is 2. The van der Waals surface area contributed by atoms with Crippen LogP contribution < -0.4 is 0 Å². The van der Waals surface area contributed by atoms with E-state index in [2.05, 4.69) is 0 Å². The van der Waals surface area contributed by atoms with Gasteiger partial charge in [0.2, 0.25) is 0 Å². The topological polar surface area (TPSA) is 123 Å². The van der Waals surface area contributed by atoms with Gasteiger partial charge < -0.3 is 29.3 Å². The van der Waals surface area contributed by atoms with E-state index >= 15 is 0 Å². The number of Topliss-reactive ketones (excluding diaryl/α,β-unsaturated/α-hetero) is 1. The molecule has 2 aliphatic rings. The Hall–Kier alpha value is -1.65. The Morgan fingerprint density at radius 2 is 1.68 bits per heavy atom. The summed E-state index contributed by atoms with van der Waals surface area (Å²) in [7, 11) is 3.77. The number of hydrogen-bond donors (Lipinski definition) is 2. The van der Waals surface area contributed by atoms with Crippen LogP contribution in [0.4, 0.5) is 0 Å². The number of hydrogen-bond acceptors (Lipinski definition) is 9. The Morgan fingerprint density at radius 1 is 1.05 bits per heavy atom. The average Bonchev–Trinajstić information content (AvgIpc) is 2.82. The third-order valence-electron chi connectivity index (χ3n) is 7.87. The molecule has 2 rings (SSSR count). The van der Waals surface area contributed by atoms with Crippen molar-refractivity contribution < 1.29 is 38.8 Å². The highest BCUT2D eigenvalue weighted by molar-refractivity contribution is 6.00. The normalized spacial score (nSPS) is 42.7. The van der Waals surface area contributed by atoms with Crippen molar-refractivity contribution in [2.75, 3.05) is 14.1 Å². The smallest absolute Gasteiger partial charge is 0.316 e. The molecule has 9 nitrogen and oxygen atoms in total. The van der Waals surface area contributed by atoms with E-state index in [1.807, 2.05) is 39.8 Å². The fourth-order valence-electron chi connectivity index (χ4n) is 5.44. The van der Waals surface area contributed by atoms with Crippen LogP contribution in [0.15, 0.2) is 12.2 Å². The van der Waals surface area contributed by atoms with Gasteiger partial charge in [0, 0.05) is 23.8 Å². The summed E-state index contributed by atoms with van der Waals surface area (Å²) in [5, 5.41) is 21.2. The van der Waals surface area contributed by atoms with Crippen LogP contribution in [0.3, 0.4) is 0 Å². The number of ether oxygens (including phenoxy) is 3. The van der Waals surface area contributed by atoms with Crippen LogP contribution in [-0.4, -0.2) is 89.6 Å². The van der Waals surface area contributed by atoms with Crippen LogP contribution in [0.2, 0.25) is 0 Å². The predicted octanol–water partition coefficient (Wildman–Crippen LogP) is 2.37. The Kier molecular flexibility index (Phi) is 11.5. The molecule has 0 aliphatic carbocycles. The van der Waals surface area contributed by atoms with Gasteiger partial charge in [-0.15, -0.1) is 0 Å². The fraction of sp³-hybridized carbons (Fsp3) is 0.821. The zero-order chi connectivity index (χ0) is 28.2. The number of aliphatic hydroxyl groups is 2. The number of likely N-dealkylation sites (N-methyl/N-ethyl adjacent to an activating group) is 1. The molecule has 37 heavy (non-hydrogen) atoms. The van der Waals surface area contributed by atoms with Gasteiger partial charge in [-0.1, -0.05) is 33.8 Å². The summed E-state index contributed by atoms with van der Waals surface area (Å²) in [5.74, 6) is -4.07. The van der Waals surface area contributed by atoms with Gasteiger partial charge in [0.25, 0.3) is 0 Å². The first-order valence-electron chi connectivity index (χ1n) is 13.4. The van der Waals surface area contributed by atoms with Crippen LogP contribution in [0.5, 0.6) is 0 Å². The van der Waals surface area contributed by atoms with Crippen molar-refractivity contribution in [1.82, 2.24) is 4.90 Å². The van der Waals surface area contributed by atoms with Gasteiger partial charge in [0.1, 0.15) is 18.1 Å². The summed E-state index contributed by atoms with van der Waals surface area (Å²) in [6.07, 6.45) is -0.500. The van der Waals surface area contributed by atoms with Crippen molar-refractivity contribution in [2.45, 2.75) is 104 Å². The molecule has 1 fully saturated rings. The van der Waals surface area contributed by atoms with Crippen molar-refractivity contribution in [2.24, 2.45) is 29.6 Å². The molecule has 0 aromatic carbocycles. The molecule has 2 aliphatic heterocycles. The third-order valence-corrected chi connectivity index (χ3v) is 7.87. The molecule has 0 unspecified atom stereocenters. The number of cyclic esters (lactones) is 1. The van der Waals surface area contributed by atoms with Crippen LogP contribution in [0, 0.1) is 29.6 Å². The zero-order valence-corrected chi connectivity index (χ0v) is 23.8. The zero-order valence-electron chi connectivity index (χ0n) is 23.8. The third kappa shape index (κ3) is 7.93. The Morgan fingerprint density at radius 3 is 2.24 bits per heavy atom. The molecule has 0 bridgehead atoms. The first-order chi connectivity index (χ1) is 17.1. The number of carbonyl (C=O) groups excluding carboxylic acids is 3. The van der Waals surface area contributed by atoms with Crippen molar-refractivity contribution in [3.8, 4) is 0 Å². The monoisotopic (exact) mass is 525 g/mol. The molecule has 1 saturated heterocycles. The lowest BCUT2D eigenvalue weighted by atomic mass is 9.80. The second-order valence-electron chi connectivity index (χ2n) is 11.5. The molecule has 0 aromatic rings. The highest BCUT2D eigenvalue weighted by Crippen LogP contribution is 2.32. The molecule has 212 valence electrons. The molecule has 0 radical (unpaired) electrons. The van der Waals surface area contributed by atoms with Gasteiger partial charge >= 0.3 is 5.97 Å². The average molecular weight is 526 g/mol. The number of aliphatic hydroxyl groups excluding tert-OH is 2. The van der Waals surface area contributed by atoms with E-state index in [1.54, 1.807) is 19.9 Å². The number of nitrogens with zero attached hydrogens (tertiary/aromatic N) is 1. The maximum atomic E-state index is 13.5. The van der Waals surface area contributed by atoms with Crippen molar-refractivity contribution in [1.29, 1.82) is 0 Å². The Bertz CT molecular complexity index is 827. The quantitative estimate of drug-likeness (QED) is 0.421. The minimum Gasteiger partial charge on any atom is -0.458 e. The van der Waals surface area contributed by atoms with Crippen LogP contribution in [0.1, 0.15) is 61.3 Å². The predicted molar refractivity (Wildman–Crippen MR) is 138 cm³/mol. The molecule has 2 N–H and O–H groups in total. The summed E-state index contributed by atoms with van der Waals surface area (Å²) < 4.78 is 17.9. The standard InChI is InChI=1S/C28H47NO8/c1-14-10-11-22(31)15(2)12-16(3)25(37-28-24(33)21(29(8)9)13-17(4)35-28)18(5)23(32)19(6)27(34)36-26(14)20(7)30/h10-11,14-21,24-26,28,30,33H,12-13H2,1-9H3/b11-10+/t14-,15-,16+,17-,18+,19-,20-,21+,24-,25+,26+,28+/m1/s1. The van der Waals surface area contributed by atoms with Crippen LogP contribution >= 0.6 is 0 Å². The van der Waals surface area contributed by atoms with E-state index in [0.717, 1.165) is 0 Å². The van der Waals surface area contributed by atoms with Gasteiger partial charge in [-0.25, -0.2) is 0 Å². The number of allylic oxidation sites excluding steroid dienone is 1.